The standard InChI is InChI=1S/C24H20N4O5/c1-16-7-9-19(10-8-16)27-22(29)13-21(24(27)31)26(15-17-4-3-11-25-14-17)23(30)18-5-2-6-20(12-18)28(32)33/h2-12,14,21H,13,15H2,1H3. The molecule has 0 bridgehead atoms. The summed E-state index contributed by atoms with van der Waals surface area (Å²) >= 11 is 0. The Balaban J connectivity index is 1.70. The lowest BCUT2D eigenvalue weighted by Gasteiger charge is -2.27. The summed E-state index contributed by atoms with van der Waals surface area (Å²) in [7, 11) is 0. The fourth-order valence-corrected chi connectivity index (χ4v) is 3.75. The van der Waals surface area contributed by atoms with Crippen LogP contribution >= 0.6 is 0 Å². The third-order valence-electron chi connectivity index (χ3n) is 5.43. The van der Waals surface area contributed by atoms with Crippen LogP contribution in [0.1, 0.15) is 27.9 Å². The summed E-state index contributed by atoms with van der Waals surface area (Å²) in [6, 6.07) is 14.7. The molecule has 0 saturated carbocycles. The van der Waals surface area contributed by atoms with Crippen LogP contribution in [0.2, 0.25) is 0 Å². The van der Waals surface area contributed by atoms with Gasteiger partial charge in [-0.2, -0.15) is 0 Å². The second-order valence-electron chi connectivity index (χ2n) is 7.72. The van der Waals surface area contributed by atoms with Gasteiger partial charge in [0.1, 0.15) is 6.04 Å². The largest absolute Gasteiger partial charge is 0.322 e. The van der Waals surface area contributed by atoms with Crippen molar-refractivity contribution < 1.29 is 19.3 Å². The van der Waals surface area contributed by atoms with Crippen molar-refractivity contribution >= 4 is 29.1 Å². The Hall–Kier alpha value is -4.40. The number of hydrogen-bond acceptors (Lipinski definition) is 6. The monoisotopic (exact) mass is 444 g/mol. The van der Waals surface area contributed by atoms with Crippen molar-refractivity contribution in [2.45, 2.75) is 25.9 Å². The zero-order valence-corrected chi connectivity index (χ0v) is 17.7. The molecule has 1 saturated heterocycles. The SMILES string of the molecule is Cc1ccc(N2C(=O)CC(N(Cc3cccnc3)C(=O)c3cccc([N+](=O)[O-])c3)C2=O)cc1. The number of nitro benzene ring substituents is 1. The molecule has 1 aromatic heterocycles. The molecule has 166 valence electrons. The van der Waals surface area contributed by atoms with Gasteiger partial charge in [-0.05, 0) is 36.8 Å². The summed E-state index contributed by atoms with van der Waals surface area (Å²) in [4.78, 5) is 56.6. The zero-order chi connectivity index (χ0) is 23.5. The van der Waals surface area contributed by atoms with Gasteiger partial charge in [-0.25, -0.2) is 4.90 Å². The molecule has 1 aliphatic heterocycles. The molecule has 2 aromatic carbocycles. The lowest BCUT2D eigenvalue weighted by atomic mass is 10.1. The Morgan fingerprint density at radius 1 is 1.15 bits per heavy atom. The van der Waals surface area contributed by atoms with E-state index in [4.69, 9.17) is 0 Å². The van der Waals surface area contributed by atoms with Crippen LogP contribution in [0.3, 0.4) is 0 Å². The molecule has 3 aromatic rings. The summed E-state index contributed by atoms with van der Waals surface area (Å²) in [5, 5.41) is 11.2. The van der Waals surface area contributed by atoms with Crippen molar-refractivity contribution in [3.8, 4) is 0 Å². The fraction of sp³-hybridized carbons (Fsp3) is 0.167. The highest BCUT2D eigenvalue weighted by Crippen LogP contribution is 2.28. The first-order chi connectivity index (χ1) is 15.8. The molecular weight excluding hydrogens is 424 g/mol. The summed E-state index contributed by atoms with van der Waals surface area (Å²) in [6.45, 7) is 1.91. The number of carbonyl (C=O) groups excluding carboxylic acids is 3. The number of rotatable bonds is 6. The number of nitro groups is 1. The van der Waals surface area contributed by atoms with Crippen LogP contribution in [0.25, 0.3) is 0 Å². The van der Waals surface area contributed by atoms with Crippen molar-refractivity contribution in [3.05, 3.63) is 99.9 Å². The van der Waals surface area contributed by atoms with E-state index >= 15 is 0 Å². The first kappa shape index (κ1) is 21.8. The van der Waals surface area contributed by atoms with Gasteiger partial charge < -0.3 is 4.90 Å². The lowest BCUT2D eigenvalue weighted by Crippen LogP contribution is -2.45. The van der Waals surface area contributed by atoms with E-state index in [-0.39, 0.29) is 24.2 Å². The number of non-ortho nitro benzene ring substituents is 1. The van der Waals surface area contributed by atoms with Gasteiger partial charge >= 0.3 is 0 Å². The van der Waals surface area contributed by atoms with Crippen molar-refractivity contribution in [2.24, 2.45) is 0 Å². The van der Waals surface area contributed by atoms with E-state index in [0.29, 0.717) is 11.3 Å². The predicted molar refractivity (Wildman–Crippen MR) is 119 cm³/mol. The third-order valence-corrected chi connectivity index (χ3v) is 5.43. The van der Waals surface area contributed by atoms with E-state index in [1.807, 2.05) is 6.92 Å². The number of amides is 3. The summed E-state index contributed by atoms with van der Waals surface area (Å²) in [5.41, 5.74) is 1.89. The van der Waals surface area contributed by atoms with E-state index < -0.39 is 28.7 Å². The fourth-order valence-electron chi connectivity index (χ4n) is 3.75. The molecule has 0 aliphatic carbocycles. The smallest absolute Gasteiger partial charge is 0.270 e. The number of hydrogen-bond donors (Lipinski definition) is 0. The Bertz CT molecular complexity index is 1230. The number of anilines is 1. The number of aryl methyl sites for hydroxylation is 1. The number of benzene rings is 2. The highest BCUT2D eigenvalue weighted by atomic mass is 16.6. The normalized spacial score (nSPS) is 15.5. The molecule has 9 nitrogen and oxygen atoms in total. The molecule has 1 aliphatic rings. The first-order valence-corrected chi connectivity index (χ1v) is 10.2. The molecule has 1 unspecified atom stereocenters. The predicted octanol–water partition coefficient (Wildman–Crippen LogP) is 3.27. The molecule has 0 radical (unpaired) electrons. The summed E-state index contributed by atoms with van der Waals surface area (Å²) < 4.78 is 0. The van der Waals surface area contributed by atoms with E-state index in [1.54, 1.807) is 48.8 Å². The minimum atomic E-state index is -1.05. The molecule has 9 heteroatoms. The second-order valence-corrected chi connectivity index (χ2v) is 7.72. The Morgan fingerprint density at radius 3 is 2.58 bits per heavy atom. The Morgan fingerprint density at radius 2 is 1.91 bits per heavy atom. The maximum atomic E-state index is 13.5. The maximum absolute atomic E-state index is 13.5. The average Bonchev–Trinajstić information content (AvgIpc) is 3.12. The molecule has 0 N–H and O–H groups in total. The van der Waals surface area contributed by atoms with Crippen LogP contribution in [-0.2, 0) is 16.1 Å². The molecule has 2 heterocycles. The molecule has 0 spiro atoms. The number of pyridine rings is 1. The van der Waals surface area contributed by atoms with E-state index in [0.717, 1.165) is 16.5 Å². The minimum Gasteiger partial charge on any atom is -0.322 e. The van der Waals surface area contributed by atoms with Gasteiger partial charge in [-0.3, -0.25) is 29.5 Å². The van der Waals surface area contributed by atoms with Crippen LogP contribution in [0.4, 0.5) is 11.4 Å². The summed E-state index contributed by atoms with van der Waals surface area (Å²) in [6.07, 6.45) is 2.96. The van der Waals surface area contributed by atoms with Gasteiger partial charge in [-0.15, -0.1) is 0 Å². The zero-order valence-electron chi connectivity index (χ0n) is 17.7. The van der Waals surface area contributed by atoms with Crippen molar-refractivity contribution in [3.63, 3.8) is 0 Å². The molecule has 1 atom stereocenters. The lowest BCUT2D eigenvalue weighted by molar-refractivity contribution is -0.384. The topological polar surface area (TPSA) is 114 Å². The van der Waals surface area contributed by atoms with Crippen LogP contribution in [0.15, 0.2) is 73.1 Å². The van der Waals surface area contributed by atoms with Gasteiger partial charge in [0.2, 0.25) is 5.91 Å². The van der Waals surface area contributed by atoms with Crippen LogP contribution < -0.4 is 4.90 Å². The third kappa shape index (κ3) is 4.47. The van der Waals surface area contributed by atoms with Gasteiger partial charge in [0.25, 0.3) is 17.5 Å². The summed E-state index contributed by atoms with van der Waals surface area (Å²) in [5.74, 6) is -1.53. The van der Waals surface area contributed by atoms with Gasteiger partial charge in [-0.1, -0.05) is 29.8 Å². The second kappa shape index (κ2) is 8.99. The van der Waals surface area contributed by atoms with Gasteiger partial charge in [0, 0.05) is 36.6 Å². The highest BCUT2D eigenvalue weighted by Gasteiger charge is 2.44. The number of nitrogens with zero attached hydrogens (tertiary/aromatic N) is 4. The van der Waals surface area contributed by atoms with Crippen molar-refractivity contribution in [2.75, 3.05) is 4.90 Å². The molecule has 4 rings (SSSR count). The molecule has 1 fully saturated rings. The van der Waals surface area contributed by atoms with E-state index in [9.17, 15) is 24.5 Å². The average molecular weight is 444 g/mol. The number of aromatic nitrogens is 1. The van der Waals surface area contributed by atoms with Crippen molar-refractivity contribution in [1.29, 1.82) is 0 Å². The van der Waals surface area contributed by atoms with Crippen LogP contribution in [0, 0.1) is 17.0 Å². The first-order valence-electron chi connectivity index (χ1n) is 10.2. The molecule has 33 heavy (non-hydrogen) atoms. The van der Waals surface area contributed by atoms with Crippen LogP contribution in [-0.4, -0.2) is 38.6 Å². The number of imide groups is 1. The van der Waals surface area contributed by atoms with Crippen molar-refractivity contribution in [1.82, 2.24) is 9.88 Å². The molecule has 3 amide bonds. The van der Waals surface area contributed by atoms with Crippen LogP contribution in [0.5, 0.6) is 0 Å². The number of carbonyl (C=O) groups is 3. The Labute approximate surface area is 189 Å². The van der Waals surface area contributed by atoms with E-state index in [2.05, 4.69) is 4.98 Å². The quantitative estimate of drug-likeness (QED) is 0.328. The maximum Gasteiger partial charge on any atom is 0.270 e. The minimum absolute atomic E-state index is 0.0147. The van der Waals surface area contributed by atoms with Gasteiger partial charge in [0.15, 0.2) is 0 Å². The molecular formula is C24H20N4O5. The Kier molecular flexibility index (Phi) is 5.95. The van der Waals surface area contributed by atoms with E-state index in [1.165, 1.54) is 23.1 Å². The van der Waals surface area contributed by atoms with Gasteiger partial charge in [0.05, 0.1) is 17.0 Å². The highest BCUT2D eigenvalue weighted by molar-refractivity contribution is 6.23.